The lowest BCUT2D eigenvalue weighted by molar-refractivity contribution is 0.0950. The summed E-state index contributed by atoms with van der Waals surface area (Å²) in [5, 5.41) is 5.11. The molecule has 5 N–H and O–H groups in total. The molecule has 0 aliphatic carbocycles. The fraction of sp³-hybridized carbons (Fsp3) is 0.500. The van der Waals surface area contributed by atoms with Gasteiger partial charge >= 0.3 is 0 Å². The second-order valence-corrected chi connectivity index (χ2v) is 3.79. The van der Waals surface area contributed by atoms with Gasteiger partial charge in [-0.2, -0.15) is 0 Å². The third-order valence-electron chi connectivity index (χ3n) is 1.57. The van der Waals surface area contributed by atoms with Crippen LogP contribution in [0.5, 0.6) is 0 Å². The highest BCUT2D eigenvalue weighted by molar-refractivity contribution is 7.09. The molecule has 1 heterocycles. The van der Waals surface area contributed by atoms with E-state index in [2.05, 4.69) is 10.3 Å². The fourth-order valence-electron chi connectivity index (χ4n) is 0.877. The Balaban J connectivity index is 2.62. The molecule has 0 aliphatic rings. The first-order valence-corrected chi connectivity index (χ1v) is 5.22. The van der Waals surface area contributed by atoms with E-state index in [0.29, 0.717) is 18.8 Å². The van der Waals surface area contributed by atoms with E-state index < -0.39 is 0 Å². The topological polar surface area (TPSA) is 94.0 Å². The van der Waals surface area contributed by atoms with Crippen LogP contribution in [-0.4, -0.2) is 24.0 Å². The molecule has 1 atom stereocenters. The minimum absolute atomic E-state index is 0.129. The molecule has 5 nitrogen and oxygen atoms in total. The van der Waals surface area contributed by atoms with E-state index >= 15 is 0 Å². The highest BCUT2D eigenvalue weighted by Gasteiger charge is 2.11. The maximum atomic E-state index is 11.4. The Labute approximate surface area is 86.5 Å². The molecule has 1 aromatic rings. The van der Waals surface area contributed by atoms with Gasteiger partial charge in [0.15, 0.2) is 0 Å². The number of carbonyl (C=O) groups excluding carboxylic acids is 1. The van der Waals surface area contributed by atoms with Crippen LogP contribution in [0.25, 0.3) is 0 Å². The molecule has 0 spiro atoms. The molecule has 14 heavy (non-hydrogen) atoms. The summed E-state index contributed by atoms with van der Waals surface area (Å²) in [6, 6.07) is -0.129. The average Bonchev–Trinajstić information content (AvgIpc) is 2.62. The van der Waals surface area contributed by atoms with Crippen LogP contribution in [0, 0.1) is 0 Å². The van der Waals surface area contributed by atoms with Gasteiger partial charge in [0.25, 0.3) is 5.91 Å². The Hall–Kier alpha value is -0.980. The van der Waals surface area contributed by atoms with Gasteiger partial charge in [0.1, 0.15) is 10.7 Å². The first-order chi connectivity index (χ1) is 6.65. The van der Waals surface area contributed by atoms with Crippen LogP contribution in [0.4, 0.5) is 0 Å². The number of rotatable bonds is 4. The van der Waals surface area contributed by atoms with Crippen molar-refractivity contribution in [3.8, 4) is 0 Å². The van der Waals surface area contributed by atoms with Gasteiger partial charge in [-0.15, -0.1) is 11.3 Å². The summed E-state index contributed by atoms with van der Waals surface area (Å²) < 4.78 is 0. The van der Waals surface area contributed by atoms with Gasteiger partial charge in [-0.3, -0.25) is 4.79 Å². The average molecular weight is 214 g/mol. The molecule has 0 fully saturated rings. The number of amides is 1. The van der Waals surface area contributed by atoms with Gasteiger partial charge in [0.2, 0.25) is 0 Å². The van der Waals surface area contributed by atoms with Crippen molar-refractivity contribution in [1.29, 1.82) is 0 Å². The summed E-state index contributed by atoms with van der Waals surface area (Å²) in [5.74, 6) is -0.196. The number of hydrogen-bond acceptors (Lipinski definition) is 5. The van der Waals surface area contributed by atoms with Crippen molar-refractivity contribution in [2.45, 2.75) is 13.0 Å². The van der Waals surface area contributed by atoms with E-state index in [1.165, 1.54) is 11.3 Å². The lowest BCUT2D eigenvalue weighted by Gasteiger charge is -2.00. The van der Waals surface area contributed by atoms with Gasteiger partial charge in [-0.05, 0) is 6.92 Å². The van der Waals surface area contributed by atoms with E-state index in [0.717, 1.165) is 5.01 Å². The summed E-state index contributed by atoms with van der Waals surface area (Å²) in [6.45, 7) is 2.72. The number of nitrogens with one attached hydrogen (secondary N) is 1. The molecule has 1 amide bonds. The van der Waals surface area contributed by atoms with Crippen LogP contribution in [-0.2, 0) is 0 Å². The maximum Gasteiger partial charge on any atom is 0.270 e. The third-order valence-corrected chi connectivity index (χ3v) is 2.62. The maximum absolute atomic E-state index is 11.4. The largest absolute Gasteiger partial charge is 0.349 e. The molecule has 0 bridgehead atoms. The van der Waals surface area contributed by atoms with Gasteiger partial charge in [0, 0.05) is 18.5 Å². The molecular weight excluding hydrogens is 200 g/mol. The molecular formula is C8H14N4OS. The first kappa shape index (κ1) is 11.1. The molecule has 0 saturated carbocycles. The lowest BCUT2D eigenvalue weighted by Crippen LogP contribution is -2.29. The zero-order valence-corrected chi connectivity index (χ0v) is 8.80. The van der Waals surface area contributed by atoms with Crippen LogP contribution >= 0.6 is 11.3 Å². The van der Waals surface area contributed by atoms with E-state index in [-0.39, 0.29) is 11.9 Å². The number of carbonyl (C=O) groups is 1. The normalized spacial score (nSPS) is 12.5. The second kappa shape index (κ2) is 5.04. The highest BCUT2D eigenvalue weighted by atomic mass is 32.1. The number of nitrogens with two attached hydrogens (primary N) is 2. The predicted molar refractivity (Wildman–Crippen MR) is 56.1 cm³/mol. The number of thiazole rings is 1. The Morgan fingerprint density at radius 2 is 2.50 bits per heavy atom. The SMILES string of the molecule is CC(N)c1nc(C(=O)NCCN)cs1. The number of nitrogens with zero attached hydrogens (tertiary/aromatic N) is 1. The van der Waals surface area contributed by atoms with Gasteiger partial charge in [-0.1, -0.05) is 0 Å². The fourth-order valence-corrected chi connectivity index (χ4v) is 1.64. The van der Waals surface area contributed by atoms with Gasteiger partial charge in [0.05, 0.1) is 6.04 Å². The van der Waals surface area contributed by atoms with E-state index in [9.17, 15) is 4.79 Å². The Bertz CT molecular complexity index is 310. The molecule has 0 radical (unpaired) electrons. The van der Waals surface area contributed by atoms with Crippen LogP contribution in [0.15, 0.2) is 5.38 Å². The van der Waals surface area contributed by atoms with Crippen molar-refractivity contribution in [3.05, 3.63) is 16.1 Å². The van der Waals surface area contributed by atoms with Crippen LogP contribution in [0.1, 0.15) is 28.5 Å². The molecule has 78 valence electrons. The first-order valence-electron chi connectivity index (χ1n) is 4.34. The molecule has 0 saturated heterocycles. The molecule has 1 rings (SSSR count). The molecule has 0 aliphatic heterocycles. The summed E-state index contributed by atoms with van der Waals surface area (Å²) in [6.07, 6.45) is 0. The van der Waals surface area contributed by atoms with Crippen LogP contribution < -0.4 is 16.8 Å². The van der Waals surface area contributed by atoms with Gasteiger partial charge in [-0.25, -0.2) is 4.98 Å². The monoisotopic (exact) mass is 214 g/mol. The summed E-state index contributed by atoms with van der Waals surface area (Å²) in [7, 11) is 0. The highest BCUT2D eigenvalue weighted by Crippen LogP contribution is 2.15. The van der Waals surface area contributed by atoms with Crippen molar-refractivity contribution in [3.63, 3.8) is 0 Å². The van der Waals surface area contributed by atoms with Crippen molar-refractivity contribution < 1.29 is 4.79 Å². The molecule has 6 heteroatoms. The van der Waals surface area contributed by atoms with Crippen molar-refractivity contribution in [1.82, 2.24) is 10.3 Å². The predicted octanol–water partition coefficient (Wildman–Crippen LogP) is -0.149. The summed E-state index contributed by atoms with van der Waals surface area (Å²) >= 11 is 1.39. The van der Waals surface area contributed by atoms with Crippen LogP contribution in [0.2, 0.25) is 0 Å². The zero-order valence-electron chi connectivity index (χ0n) is 7.99. The number of aromatic nitrogens is 1. The summed E-state index contributed by atoms with van der Waals surface area (Å²) in [4.78, 5) is 15.5. The molecule has 1 aromatic heterocycles. The van der Waals surface area contributed by atoms with E-state index in [1.54, 1.807) is 5.38 Å². The standard InChI is InChI=1S/C8H14N4OS/c1-5(10)8-12-6(4-14-8)7(13)11-3-2-9/h4-5H,2-3,9-10H2,1H3,(H,11,13). The van der Waals surface area contributed by atoms with Crippen molar-refractivity contribution >= 4 is 17.2 Å². The molecule has 1 unspecified atom stereocenters. The minimum Gasteiger partial charge on any atom is -0.349 e. The Morgan fingerprint density at radius 1 is 1.79 bits per heavy atom. The van der Waals surface area contributed by atoms with Gasteiger partial charge < -0.3 is 16.8 Å². The molecule has 0 aromatic carbocycles. The minimum atomic E-state index is -0.196. The Morgan fingerprint density at radius 3 is 3.00 bits per heavy atom. The third kappa shape index (κ3) is 2.76. The van der Waals surface area contributed by atoms with E-state index in [1.807, 2.05) is 6.92 Å². The van der Waals surface area contributed by atoms with E-state index in [4.69, 9.17) is 11.5 Å². The van der Waals surface area contributed by atoms with Crippen LogP contribution in [0.3, 0.4) is 0 Å². The van der Waals surface area contributed by atoms with Crippen molar-refractivity contribution in [2.24, 2.45) is 11.5 Å². The van der Waals surface area contributed by atoms with Crippen molar-refractivity contribution in [2.75, 3.05) is 13.1 Å². The smallest absolute Gasteiger partial charge is 0.270 e. The quantitative estimate of drug-likeness (QED) is 0.649. The number of hydrogen-bond donors (Lipinski definition) is 3. The summed E-state index contributed by atoms with van der Waals surface area (Å²) in [5.41, 5.74) is 11.3. The zero-order chi connectivity index (χ0) is 10.6. The Kier molecular flexibility index (Phi) is 3.99. The lowest BCUT2D eigenvalue weighted by atomic mass is 10.4. The second-order valence-electron chi connectivity index (χ2n) is 2.90.